The van der Waals surface area contributed by atoms with E-state index in [4.69, 9.17) is 23.2 Å². The molecular formula is C47H61Cl2N7O6S2. The minimum absolute atomic E-state index is 0.00512. The van der Waals surface area contributed by atoms with Gasteiger partial charge in [0.15, 0.2) is 0 Å². The number of amides is 2. The molecule has 2 heterocycles. The number of rotatable bonds is 24. The first kappa shape index (κ1) is 50.5. The second-order valence-corrected chi connectivity index (χ2v) is 19.9. The lowest BCUT2D eigenvalue weighted by molar-refractivity contribution is -0.130. The van der Waals surface area contributed by atoms with Gasteiger partial charge in [0.05, 0.1) is 36.7 Å². The van der Waals surface area contributed by atoms with Crippen molar-refractivity contribution in [1.29, 1.82) is 0 Å². The highest BCUT2D eigenvalue weighted by molar-refractivity contribution is 7.92. The van der Waals surface area contributed by atoms with Crippen molar-refractivity contribution in [3.05, 3.63) is 101 Å². The summed E-state index contributed by atoms with van der Waals surface area (Å²) in [5.74, 6) is -1.40. The Balaban J connectivity index is 0.00000380. The van der Waals surface area contributed by atoms with E-state index in [2.05, 4.69) is 32.0 Å². The van der Waals surface area contributed by atoms with E-state index in [1.807, 2.05) is 38.1 Å². The first-order chi connectivity index (χ1) is 30.9. The number of carbonyl (C=O) groups excluding carboxylic acids is 2. The van der Waals surface area contributed by atoms with E-state index in [-0.39, 0.29) is 37.8 Å². The summed E-state index contributed by atoms with van der Waals surface area (Å²) in [7, 11) is -8.42. The van der Waals surface area contributed by atoms with Gasteiger partial charge in [-0.3, -0.25) is 14.3 Å². The van der Waals surface area contributed by atoms with Crippen molar-refractivity contribution in [2.24, 2.45) is 0 Å². The van der Waals surface area contributed by atoms with Gasteiger partial charge in [-0.2, -0.15) is 0 Å². The summed E-state index contributed by atoms with van der Waals surface area (Å²) in [6, 6.07) is 20.2. The van der Waals surface area contributed by atoms with Crippen molar-refractivity contribution < 1.29 is 26.4 Å². The Kier molecular flexibility index (Phi) is 19.4. The van der Waals surface area contributed by atoms with Gasteiger partial charge < -0.3 is 10.2 Å². The van der Waals surface area contributed by atoms with Crippen LogP contribution in [0.25, 0.3) is 11.0 Å². The maximum absolute atomic E-state index is 14.3. The van der Waals surface area contributed by atoms with Crippen LogP contribution in [0.4, 0.5) is 17.1 Å². The summed E-state index contributed by atoms with van der Waals surface area (Å²) in [6.45, 7) is 6.82. The first-order valence-corrected chi connectivity index (χ1v) is 26.2. The van der Waals surface area contributed by atoms with Crippen LogP contribution in [0.15, 0.2) is 94.7 Å². The zero-order chi connectivity index (χ0) is 46.1. The number of anilines is 3. The molecule has 0 fully saturated rings. The number of sulfonamides is 2. The van der Waals surface area contributed by atoms with Gasteiger partial charge in [-0.25, -0.2) is 26.2 Å². The molecule has 3 N–H and O–H groups in total. The first-order valence-electron chi connectivity index (χ1n) is 22.5. The molecule has 17 heteroatoms. The highest BCUT2D eigenvalue weighted by Gasteiger charge is 2.38. The molecule has 1 atom stereocenters. The summed E-state index contributed by atoms with van der Waals surface area (Å²) in [6.07, 6.45) is 17.3. The average molecular weight is 955 g/mol. The van der Waals surface area contributed by atoms with Crippen LogP contribution in [0.2, 0.25) is 10.0 Å². The summed E-state index contributed by atoms with van der Waals surface area (Å²) < 4.78 is 60.3. The maximum Gasteiger partial charge on any atom is 0.262 e. The Hall–Kier alpha value is -4.54. The highest BCUT2D eigenvalue weighted by atomic mass is 35.5. The average Bonchev–Trinajstić information content (AvgIpc) is 3.92. The molecule has 4 aromatic carbocycles. The van der Waals surface area contributed by atoms with Crippen LogP contribution >= 0.6 is 23.2 Å². The van der Waals surface area contributed by atoms with Gasteiger partial charge in [0.2, 0.25) is 16.1 Å². The molecule has 6 rings (SSSR count). The largest absolute Gasteiger partial charge is 0.322 e. The van der Waals surface area contributed by atoms with Crippen LogP contribution in [0.5, 0.6) is 0 Å². The molecule has 0 spiro atoms. The second kappa shape index (κ2) is 24.7. The monoisotopic (exact) mass is 953 g/mol. The molecule has 0 saturated carbocycles. The lowest BCUT2D eigenvalue weighted by atomic mass is 10.0. The van der Waals surface area contributed by atoms with E-state index in [1.165, 1.54) is 98.1 Å². The smallest absolute Gasteiger partial charge is 0.262 e. The Bertz CT molecular complexity index is 2550. The zero-order valence-electron chi connectivity index (χ0n) is 37.0. The minimum atomic E-state index is -4.43. The van der Waals surface area contributed by atoms with Crippen molar-refractivity contribution >= 4 is 83.2 Å². The third-order valence-electron chi connectivity index (χ3n) is 11.1. The second-order valence-electron chi connectivity index (χ2n) is 15.7. The lowest BCUT2D eigenvalue weighted by Gasteiger charge is -2.24. The van der Waals surface area contributed by atoms with Crippen molar-refractivity contribution in [2.75, 3.05) is 28.0 Å². The van der Waals surface area contributed by atoms with Crippen molar-refractivity contribution in [3.8, 4) is 0 Å². The number of aromatic nitrogens is 3. The van der Waals surface area contributed by atoms with Gasteiger partial charge in [0.1, 0.15) is 5.52 Å². The Morgan fingerprint density at radius 2 is 1.23 bits per heavy atom. The van der Waals surface area contributed by atoms with Gasteiger partial charge >= 0.3 is 0 Å². The molecule has 13 nitrogen and oxygen atoms in total. The number of nitrogens with zero attached hydrogens (tertiary/aromatic N) is 4. The van der Waals surface area contributed by atoms with E-state index in [0.29, 0.717) is 36.1 Å². The summed E-state index contributed by atoms with van der Waals surface area (Å²) in [5, 5.41) is 10.9. The van der Waals surface area contributed by atoms with Crippen LogP contribution in [-0.2, 0) is 36.1 Å². The van der Waals surface area contributed by atoms with Crippen LogP contribution in [0, 0.1) is 0 Å². The topological polar surface area (TPSA) is 172 Å². The molecule has 0 radical (unpaired) electrons. The van der Waals surface area contributed by atoms with Crippen LogP contribution in [0.3, 0.4) is 0 Å². The zero-order valence-corrected chi connectivity index (χ0v) is 40.1. The molecule has 5 aromatic rings. The molecule has 1 unspecified atom stereocenters. The predicted molar refractivity (Wildman–Crippen MR) is 258 cm³/mol. The fourth-order valence-electron chi connectivity index (χ4n) is 7.65. The Morgan fingerprint density at radius 3 is 1.89 bits per heavy atom. The van der Waals surface area contributed by atoms with Gasteiger partial charge in [0.25, 0.3) is 21.8 Å². The molecule has 1 aromatic heterocycles. The van der Waals surface area contributed by atoms with E-state index in [0.717, 1.165) is 37.0 Å². The molecule has 0 bridgehead atoms. The third kappa shape index (κ3) is 13.5. The number of unbranched alkanes of at least 4 members (excludes halogenated alkanes) is 13. The molecular weight excluding hydrogens is 894 g/mol. The summed E-state index contributed by atoms with van der Waals surface area (Å²) >= 11 is 12.9. The maximum atomic E-state index is 14.3. The van der Waals surface area contributed by atoms with Gasteiger partial charge in [-0.1, -0.05) is 163 Å². The predicted octanol–water partition coefficient (Wildman–Crippen LogP) is 11.1. The van der Waals surface area contributed by atoms with Gasteiger partial charge in [0, 0.05) is 18.8 Å². The fourth-order valence-corrected chi connectivity index (χ4v) is 10.2. The molecule has 64 heavy (non-hydrogen) atoms. The molecule has 1 aliphatic heterocycles. The fraction of sp³-hybridized carbons (Fsp3) is 0.447. The number of fused-ring (bicyclic) bond motifs is 2. The highest BCUT2D eigenvalue weighted by Crippen LogP contribution is 2.33. The number of hydrogen-bond donors (Lipinski definition) is 3. The summed E-state index contributed by atoms with van der Waals surface area (Å²) in [4.78, 5) is 29.5. The number of benzene rings is 4. The molecule has 346 valence electrons. The number of hydrogen-bond acceptors (Lipinski definition) is 8. The van der Waals surface area contributed by atoms with Gasteiger partial charge in [-0.15, -0.1) is 5.10 Å². The van der Waals surface area contributed by atoms with Crippen LogP contribution < -0.4 is 19.7 Å². The molecule has 0 saturated heterocycles. The number of para-hydroxylation sites is 2. The quantitative estimate of drug-likeness (QED) is 0.0405. The van der Waals surface area contributed by atoms with Crippen molar-refractivity contribution in [3.63, 3.8) is 0 Å². The molecule has 1 aliphatic rings. The molecule has 0 aliphatic carbocycles. The number of halogens is 2. The van der Waals surface area contributed by atoms with Crippen molar-refractivity contribution in [2.45, 2.75) is 133 Å². The van der Waals surface area contributed by atoms with Gasteiger partial charge in [-0.05, 0) is 73.0 Å². The number of nitrogens with one attached hydrogen (secondary N) is 3. The normalized spacial score (nSPS) is 13.0. The Morgan fingerprint density at radius 1 is 0.688 bits per heavy atom. The van der Waals surface area contributed by atoms with E-state index in [9.17, 15) is 26.4 Å². The SMILES string of the molecule is CC.CCCCCCCCCCCCCCCCNS(=O)(=O)c1ccc(Cl)c(NS(=O)(=O)c2ccc(Cl)c(NC(=O)C(C(=O)N3CCc4ccccc43)n3nnc4ccccc43)c2)c1. The number of carbonyl (C=O) groups is 2. The standard InChI is InChI=1S/C45H55Cl2N7O6S2.C2H6/c1-2-3-4-5-6-7-8-9-10-11-12-13-14-19-29-48-61(57,58)34-24-27-37(47)40(32-34)51-62(59,60)35-25-26-36(46)39(31-35)49-44(55)43(54-42-23-18-16-21-38(42)50-52-54)45(56)53-30-28-33-20-15-17-22-41(33)53;1-2/h15-18,20-27,31-32,43,48,51H,2-14,19,28-30H2,1H3,(H,49,55);1-2H3. The minimum Gasteiger partial charge on any atom is -0.322 e. The van der Waals surface area contributed by atoms with E-state index >= 15 is 0 Å². The third-order valence-corrected chi connectivity index (χ3v) is 14.6. The van der Waals surface area contributed by atoms with Crippen LogP contribution in [-0.4, -0.2) is 56.7 Å². The Labute approximate surface area is 388 Å². The van der Waals surface area contributed by atoms with Crippen molar-refractivity contribution in [1.82, 2.24) is 19.7 Å². The van der Waals surface area contributed by atoms with E-state index in [1.54, 1.807) is 24.3 Å². The lowest BCUT2D eigenvalue weighted by Crippen LogP contribution is -2.42. The summed E-state index contributed by atoms with van der Waals surface area (Å²) in [5.41, 5.74) is 2.27. The van der Waals surface area contributed by atoms with Crippen LogP contribution in [0.1, 0.15) is 122 Å². The van der Waals surface area contributed by atoms with E-state index < -0.39 is 37.9 Å². The molecule has 2 amide bonds.